The fourth-order valence-corrected chi connectivity index (χ4v) is 2.06. The van der Waals surface area contributed by atoms with Crippen molar-refractivity contribution in [1.82, 2.24) is 0 Å². The van der Waals surface area contributed by atoms with E-state index < -0.39 is 0 Å². The Bertz CT molecular complexity index is 572. The number of para-hydroxylation sites is 1. The third-order valence-electron chi connectivity index (χ3n) is 2.84. The molecule has 0 heterocycles. The van der Waals surface area contributed by atoms with Crippen LogP contribution < -0.4 is 4.74 Å². The molecule has 0 fully saturated rings. The molecule has 0 unspecified atom stereocenters. The Hall–Kier alpha value is -1.50. The van der Waals surface area contributed by atoms with Gasteiger partial charge in [0, 0.05) is 12.0 Å². The van der Waals surface area contributed by atoms with E-state index in [0.717, 1.165) is 9.14 Å². The second kappa shape index (κ2) is 9.50. The lowest BCUT2D eigenvalue weighted by Gasteiger charge is -2.13. The van der Waals surface area contributed by atoms with E-state index in [2.05, 4.69) is 22.6 Å². The fourth-order valence-electron chi connectivity index (χ4n) is 1.71. The highest BCUT2D eigenvalue weighted by Gasteiger charge is 2.11. The van der Waals surface area contributed by atoms with Crippen LogP contribution in [0.5, 0.6) is 5.75 Å². The molecular formula is C17H21IO4. The molecule has 0 aliphatic rings. The van der Waals surface area contributed by atoms with Crippen molar-refractivity contribution in [3.05, 3.63) is 51.0 Å². The second-order valence-electron chi connectivity index (χ2n) is 4.59. The predicted molar refractivity (Wildman–Crippen MR) is 95.1 cm³/mol. The van der Waals surface area contributed by atoms with Crippen LogP contribution in [0.3, 0.4) is 0 Å². The Morgan fingerprint density at radius 2 is 2.00 bits per heavy atom. The van der Waals surface area contributed by atoms with E-state index in [4.69, 9.17) is 9.47 Å². The van der Waals surface area contributed by atoms with Crippen LogP contribution in [0.15, 0.2) is 45.4 Å². The van der Waals surface area contributed by atoms with Gasteiger partial charge in [-0.2, -0.15) is 0 Å². The Morgan fingerprint density at radius 1 is 1.32 bits per heavy atom. The number of rotatable bonds is 7. The summed E-state index contributed by atoms with van der Waals surface area (Å²) in [5, 5.41) is 9.47. The molecule has 1 rings (SSSR count). The number of halogens is 1. The maximum absolute atomic E-state index is 11.7. The molecule has 0 aliphatic heterocycles. The minimum atomic E-state index is -0.277. The van der Waals surface area contributed by atoms with Gasteiger partial charge in [-0.3, -0.25) is 4.79 Å². The molecular weight excluding hydrogens is 395 g/mol. The lowest BCUT2D eigenvalue weighted by molar-refractivity contribution is -0.142. The minimum absolute atomic E-state index is 0.174. The Balaban J connectivity index is 2.97. The normalized spacial score (nSPS) is 12.6. The number of aliphatic hydroxyl groups is 1. The predicted octanol–water partition coefficient (Wildman–Crippen LogP) is 4.69. The van der Waals surface area contributed by atoms with Crippen LogP contribution in [0.1, 0.15) is 32.8 Å². The van der Waals surface area contributed by atoms with Gasteiger partial charge in [-0.05, 0) is 48.6 Å². The van der Waals surface area contributed by atoms with Crippen molar-refractivity contribution in [1.29, 1.82) is 0 Å². The van der Waals surface area contributed by atoms with Crippen LogP contribution in [-0.4, -0.2) is 17.7 Å². The average Bonchev–Trinajstić information content (AvgIpc) is 2.48. The summed E-state index contributed by atoms with van der Waals surface area (Å²) in [4.78, 5) is 11.7. The van der Waals surface area contributed by atoms with Gasteiger partial charge in [-0.1, -0.05) is 25.1 Å². The monoisotopic (exact) mass is 416 g/mol. The van der Waals surface area contributed by atoms with Crippen molar-refractivity contribution in [2.24, 2.45) is 0 Å². The molecule has 0 amide bonds. The van der Waals surface area contributed by atoms with Gasteiger partial charge in [0.25, 0.3) is 0 Å². The summed E-state index contributed by atoms with van der Waals surface area (Å²) < 4.78 is 11.6. The third kappa shape index (κ3) is 6.09. The smallest absolute Gasteiger partial charge is 0.310 e. The van der Waals surface area contributed by atoms with E-state index in [9.17, 15) is 9.90 Å². The molecule has 120 valence electrons. The van der Waals surface area contributed by atoms with Crippen LogP contribution in [0.4, 0.5) is 0 Å². The van der Waals surface area contributed by atoms with Crippen molar-refractivity contribution in [2.45, 2.75) is 33.6 Å². The molecule has 22 heavy (non-hydrogen) atoms. The number of hydrogen-bond donors (Lipinski definition) is 1. The zero-order valence-corrected chi connectivity index (χ0v) is 15.2. The molecule has 4 nitrogen and oxygen atoms in total. The molecule has 1 aromatic carbocycles. The lowest BCUT2D eigenvalue weighted by Crippen LogP contribution is -2.09. The number of esters is 1. The third-order valence-corrected chi connectivity index (χ3v) is 3.93. The van der Waals surface area contributed by atoms with Gasteiger partial charge in [0.2, 0.25) is 0 Å². The van der Waals surface area contributed by atoms with E-state index >= 15 is 0 Å². The highest BCUT2D eigenvalue weighted by molar-refractivity contribution is 14.1. The summed E-state index contributed by atoms with van der Waals surface area (Å²) in [5.74, 6) is 1.31. The summed E-state index contributed by atoms with van der Waals surface area (Å²) in [6, 6.07) is 7.38. The van der Waals surface area contributed by atoms with E-state index in [1.807, 2.05) is 31.2 Å². The van der Waals surface area contributed by atoms with Crippen molar-refractivity contribution < 1.29 is 19.4 Å². The fraction of sp³-hybridized carbons (Fsp3) is 0.353. The number of carbonyl (C=O) groups is 1. The number of carbonyl (C=O) groups excluding carboxylic acids is 1. The van der Waals surface area contributed by atoms with Gasteiger partial charge in [0.15, 0.2) is 0 Å². The SMILES string of the molecule is CCOC(=O)Cc1ccccc1O/C(=C/C(I)=C(\C)O)CC. The summed E-state index contributed by atoms with van der Waals surface area (Å²) in [7, 11) is 0. The minimum Gasteiger partial charge on any atom is -0.512 e. The first-order valence-electron chi connectivity index (χ1n) is 7.15. The average molecular weight is 416 g/mol. The number of aliphatic hydroxyl groups excluding tert-OH is 1. The van der Waals surface area contributed by atoms with E-state index in [-0.39, 0.29) is 18.1 Å². The molecule has 0 atom stereocenters. The topological polar surface area (TPSA) is 55.8 Å². The van der Waals surface area contributed by atoms with Crippen LogP contribution in [0, 0.1) is 0 Å². The first-order chi connectivity index (χ1) is 10.5. The van der Waals surface area contributed by atoms with Crippen molar-refractivity contribution in [2.75, 3.05) is 6.61 Å². The van der Waals surface area contributed by atoms with Gasteiger partial charge in [0.05, 0.1) is 16.6 Å². The van der Waals surface area contributed by atoms with Crippen LogP contribution in [0.2, 0.25) is 0 Å². The van der Waals surface area contributed by atoms with Gasteiger partial charge in [0.1, 0.15) is 17.3 Å². The highest BCUT2D eigenvalue weighted by atomic mass is 127. The molecule has 0 radical (unpaired) electrons. The summed E-state index contributed by atoms with van der Waals surface area (Å²) >= 11 is 2.05. The Kier molecular flexibility index (Phi) is 8.01. The van der Waals surface area contributed by atoms with Gasteiger partial charge in [-0.15, -0.1) is 0 Å². The highest BCUT2D eigenvalue weighted by Crippen LogP contribution is 2.24. The molecule has 5 heteroatoms. The number of benzene rings is 1. The second-order valence-corrected chi connectivity index (χ2v) is 5.75. The quantitative estimate of drug-likeness (QED) is 0.303. The molecule has 0 saturated carbocycles. The first-order valence-corrected chi connectivity index (χ1v) is 8.23. The maximum atomic E-state index is 11.7. The maximum Gasteiger partial charge on any atom is 0.310 e. The summed E-state index contributed by atoms with van der Waals surface area (Å²) in [6.45, 7) is 5.74. The molecule has 0 spiro atoms. The number of ether oxygens (including phenoxy) is 2. The number of allylic oxidation sites excluding steroid dienone is 4. The van der Waals surface area contributed by atoms with Crippen LogP contribution in [0.25, 0.3) is 0 Å². The molecule has 0 aromatic heterocycles. The van der Waals surface area contributed by atoms with Gasteiger partial charge in [-0.25, -0.2) is 0 Å². The number of hydrogen-bond acceptors (Lipinski definition) is 4. The molecule has 1 N–H and O–H groups in total. The van der Waals surface area contributed by atoms with Crippen LogP contribution in [-0.2, 0) is 16.0 Å². The largest absolute Gasteiger partial charge is 0.512 e. The Labute approximate surface area is 145 Å². The van der Waals surface area contributed by atoms with E-state index in [1.165, 1.54) is 0 Å². The van der Waals surface area contributed by atoms with Crippen LogP contribution >= 0.6 is 22.6 Å². The molecule has 0 saturated heterocycles. The van der Waals surface area contributed by atoms with Crippen molar-refractivity contribution in [3.63, 3.8) is 0 Å². The Morgan fingerprint density at radius 3 is 2.59 bits per heavy atom. The molecule has 1 aromatic rings. The zero-order valence-electron chi connectivity index (χ0n) is 13.1. The zero-order chi connectivity index (χ0) is 16.5. The van der Waals surface area contributed by atoms with Crippen molar-refractivity contribution in [3.8, 4) is 5.75 Å². The standard InChI is InChI=1S/C17H21IO4/c1-4-14(11-15(18)12(3)19)22-16-9-7-6-8-13(16)10-17(20)21-5-2/h6-9,11,19H,4-5,10H2,1-3H3/b14-11+,15-12-. The molecule has 0 aliphatic carbocycles. The van der Waals surface area contributed by atoms with Gasteiger partial charge >= 0.3 is 5.97 Å². The molecule has 0 bridgehead atoms. The van der Waals surface area contributed by atoms with E-state index in [1.54, 1.807) is 19.9 Å². The van der Waals surface area contributed by atoms with E-state index in [0.29, 0.717) is 24.5 Å². The summed E-state index contributed by atoms with van der Waals surface area (Å²) in [5.41, 5.74) is 0.778. The van der Waals surface area contributed by atoms with Gasteiger partial charge < -0.3 is 14.6 Å². The lowest BCUT2D eigenvalue weighted by atomic mass is 10.1. The summed E-state index contributed by atoms with van der Waals surface area (Å²) in [6.07, 6.45) is 2.64. The van der Waals surface area contributed by atoms with Crippen molar-refractivity contribution >= 4 is 28.6 Å². The first kappa shape index (κ1) is 18.5.